The maximum atomic E-state index is 6.91. The lowest BCUT2D eigenvalue weighted by Gasteiger charge is -2.29. The van der Waals surface area contributed by atoms with Gasteiger partial charge >= 0.3 is 0 Å². The van der Waals surface area contributed by atoms with Crippen molar-refractivity contribution in [2.45, 2.75) is 0 Å². The van der Waals surface area contributed by atoms with Gasteiger partial charge in [0.15, 0.2) is 11.2 Å². The minimum Gasteiger partial charge on any atom is -0.454 e. The Bertz CT molecular complexity index is 3540. The summed E-state index contributed by atoms with van der Waals surface area (Å²) in [7, 11) is 0. The highest BCUT2D eigenvalue weighted by Gasteiger charge is 2.27. The van der Waals surface area contributed by atoms with Crippen molar-refractivity contribution in [1.82, 2.24) is 4.98 Å². The lowest BCUT2D eigenvalue weighted by Crippen LogP contribution is -2.14. The van der Waals surface area contributed by atoms with Crippen LogP contribution in [0.1, 0.15) is 0 Å². The van der Waals surface area contributed by atoms with Gasteiger partial charge in [0.1, 0.15) is 11.1 Å². The number of benzene rings is 9. The molecule has 0 N–H and O–H groups in total. The third-order valence-corrected chi connectivity index (χ3v) is 12.7. The SMILES string of the molecule is c1ccc(-c2ccc(N(c3cc(N(c4ccccc4)c4cccc5c4sc4ccccc45)c4oc(-c5ccccc5)nc4c3)c3cccc4c3oc3ccccc34)cc2)cc1. The summed E-state index contributed by atoms with van der Waals surface area (Å²) < 4.78 is 16.1. The van der Waals surface area contributed by atoms with E-state index in [0.29, 0.717) is 11.5 Å². The van der Waals surface area contributed by atoms with Crippen molar-refractivity contribution in [2.24, 2.45) is 0 Å². The Morgan fingerprint density at radius 2 is 0.984 bits per heavy atom. The smallest absolute Gasteiger partial charge is 0.227 e. The van der Waals surface area contributed by atoms with E-state index < -0.39 is 0 Å². The van der Waals surface area contributed by atoms with Gasteiger partial charge < -0.3 is 18.6 Å². The summed E-state index contributed by atoms with van der Waals surface area (Å²) in [6, 6.07) is 74.3. The van der Waals surface area contributed by atoms with Gasteiger partial charge in [0.2, 0.25) is 5.89 Å². The molecule has 0 spiro atoms. The van der Waals surface area contributed by atoms with Crippen molar-refractivity contribution < 1.29 is 8.83 Å². The Morgan fingerprint density at radius 3 is 1.77 bits per heavy atom. The minimum atomic E-state index is 0.556. The lowest BCUT2D eigenvalue weighted by atomic mass is 10.0. The van der Waals surface area contributed by atoms with Crippen LogP contribution < -0.4 is 9.80 Å². The molecule has 3 heterocycles. The number of thiophene rings is 1. The van der Waals surface area contributed by atoms with Crippen molar-refractivity contribution >= 4 is 98.7 Å². The summed E-state index contributed by atoms with van der Waals surface area (Å²) in [6.45, 7) is 0. The van der Waals surface area contributed by atoms with Crippen molar-refractivity contribution in [3.05, 3.63) is 212 Å². The van der Waals surface area contributed by atoms with Gasteiger partial charge in [-0.1, -0.05) is 140 Å². The molecule has 0 unspecified atom stereocenters. The summed E-state index contributed by atoms with van der Waals surface area (Å²) in [4.78, 5) is 9.88. The third-order valence-electron chi connectivity index (χ3n) is 11.5. The van der Waals surface area contributed by atoms with Gasteiger partial charge in [-0.25, -0.2) is 4.98 Å². The molecule has 0 fully saturated rings. The molecule has 0 aliphatic heterocycles. The molecule has 0 saturated heterocycles. The van der Waals surface area contributed by atoms with Gasteiger partial charge in [-0.3, -0.25) is 0 Å². The quantitative estimate of drug-likeness (QED) is 0.153. The zero-order valence-electron chi connectivity index (χ0n) is 32.8. The number of oxazole rings is 1. The van der Waals surface area contributed by atoms with Crippen molar-refractivity contribution in [2.75, 3.05) is 9.80 Å². The highest BCUT2D eigenvalue weighted by atomic mass is 32.1. The zero-order valence-corrected chi connectivity index (χ0v) is 33.6. The maximum absolute atomic E-state index is 6.91. The number of fused-ring (bicyclic) bond motifs is 7. The zero-order chi connectivity index (χ0) is 40.3. The van der Waals surface area contributed by atoms with Gasteiger partial charge in [0.05, 0.1) is 27.4 Å². The first-order valence-electron chi connectivity index (χ1n) is 20.4. The number of furan rings is 1. The van der Waals surface area contributed by atoms with Crippen LogP contribution in [0.5, 0.6) is 0 Å². The van der Waals surface area contributed by atoms with Gasteiger partial charge in [-0.15, -0.1) is 11.3 Å². The van der Waals surface area contributed by atoms with Crippen LogP contribution >= 0.6 is 11.3 Å². The lowest BCUT2D eigenvalue weighted by molar-refractivity contribution is 0.620. The van der Waals surface area contributed by atoms with E-state index in [4.69, 9.17) is 13.8 Å². The van der Waals surface area contributed by atoms with E-state index >= 15 is 0 Å². The number of hydrogen-bond acceptors (Lipinski definition) is 6. The minimum absolute atomic E-state index is 0.556. The Balaban J connectivity index is 1.16. The standard InChI is InChI=1S/C55H35N3O2S/c1-4-16-36(17-5-1)37-30-32-40(33-31-37)57(47-26-14-24-44-42-22-10-12-28-50(42)59-52(44)47)41-34-46-53(60-55(56-46)38-18-6-2-7-19-38)49(35-41)58(39-20-8-3-9-21-39)48-27-15-25-45-43-23-11-13-29-51(43)61-54(45)48/h1-35H. The topological polar surface area (TPSA) is 45.7 Å². The molecule has 0 radical (unpaired) electrons. The van der Waals surface area contributed by atoms with Crippen molar-refractivity contribution in [3.63, 3.8) is 0 Å². The maximum Gasteiger partial charge on any atom is 0.227 e. The van der Waals surface area contributed by atoms with Crippen LogP contribution in [-0.2, 0) is 0 Å². The number of rotatable bonds is 8. The van der Waals surface area contributed by atoms with E-state index in [2.05, 4.69) is 174 Å². The average molecular weight is 802 g/mol. The highest BCUT2D eigenvalue weighted by molar-refractivity contribution is 7.26. The number of hydrogen-bond donors (Lipinski definition) is 0. The average Bonchev–Trinajstić information content (AvgIpc) is 4.05. The van der Waals surface area contributed by atoms with E-state index in [1.165, 1.54) is 20.2 Å². The fourth-order valence-corrected chi connectivity index (χ4v) is 9.87. The Labute approximate surface area is 355 Å². The van der Waals surface area contributed by atoms with Crippen LogP contribution in [0.2, 0.25) is 0 Å². The molecule has 0 bridgehead atoms. The second kappa shape index (κ2) is 14.4. The van der Waals surface area contributed by atoms with E-state index in [1.807, 2.05) is 59.9 Å². The molecule has 0 aliphatic carbocycles. The molecular formula is C55H35N3O2S. The molecule has 12 rings (SSSR count). The first-order valence-corrected chi connectivity index (χ1v) is 21.2. The monoisotopic (exact) mass is 801 g/mol. The summed E-state index contributed by atoms with van der Waals surface area (Å²) >= 11 is 1.81. The highest BCUT2D eigenvalue weighted by Crippen LogP contribution is 2.50. The Hall–Kier alpha value is -7.93. The summed E-state index contributed by atoms with van der Waals surface area (Å²) in [5, 5.41) is 4.58. The van der Waals surface area contributed by atoms with Crippen LogP contribution in [0, 0.1) is 0 Å². The van der Waals surface area contributed by atoms with Crippen LogP contribution in [0.25, 0.3) is 75.8 Å². The molecule has 3 aromatic heterocycles. The van der Waals surface area contributed by atoms with Gasteiger partial charge in [-0.05, 0) is 83.9 Å². The van der Waals surface area contributed by atoms with Crippen LogP contribution in [0.3, 0.4) is 0 Å². The largest absolute Gasteiger partial charge is 0.454 e. The van der Waals surface area contributed by atoms with Gasteiger partial charge in [0, 0.05) is 43.2 Å². The number of para-hydroxylation sites is 3. The second-order valence-electron chi connectivity index (χ2n) is 15.1. The van der Waals surface area contributed by atoms with Gasteiger partial charge in [0.25, 0.3) is 0 Å². The molecule has 0 atom stereocenters. The van der Waals surface area contributed by atoms with E-state index in [0.717, 1.165) is 78.3 Å². The molecule has 0 saturated carbocycles. The predicted molar refractivity (Wildman–Crippen MR) is 254 cm³/mol. The molecule has 61 heavy (non-hydrogen) atoms. The molecule has 0 aliphatic rings. The second-order valence-corrected chi connectivity index (χ2v) is 16.2. The van der Waals surface area contributed by atoms with Crippen LogP contribution in [0.4, 0.5) is 34.1 Å². The van der Waals surface area contributed by atoms with E-state index in [1.54, 1.807) is 0 Å². The number of anilines is 6. The van der Waals surface area contributed by atoms with E-state index in [-0.39, 0.29) is 0 Å². The Morgan fingerprint density at radius 1 is 0.377 bits per heavy atom. The predicted octanol–water partition coefficient (Wildman–Crippen LogP) is 16.4. The molecule has 0 amide bonds. The van der Waals surface area contributed by atoms with Crippen molar-refractivity contribution in [1.29, 1.82) is 0 Å². The fraction of sp³-hybridized carbons (Fsp3) is 0. The molecule has 288 valence electrons. The number of nitrogens with zero attached hydrogens (tertiary/aromatic N) is 3. The first kappa shape index (κ1) is 35.1. The summed E-state index contributed by atoms with van der Waals surface area (Å²) in [6.07, 6.45) is 0. The molecule has 9 aromatic carbocycles. The van der Waals surface area contributed by atoms with Crippen LogP contribution in [-0.4, -0.2) is 4.98 Å². The third kappa shape index (κ3) is 5.95. The van der Waals surface area contributed by atoms with E-state index in [9.17, 15) is 0 Å². The molecule has 12 aromatic rings. The fourth-order valence-electron chi connectivity index (χ4n) is 8.66. The summed E-state index contributed by atoms with van der Waals surface area (Å²) in [5.74, 6) is 0.556. The molecule has 5 nitrogen and oxygen atoms in total. The molecule has 6 heteroatoms. The summed E-state index contributed by atoms with van der Waals surface area (Å²) in [5.41, 5.74) is 12.0. The normalized spacial score (nSPS) is 11.6. The van der Waals surface area contributed by atoms with Crippen LogP contribution in [0.15, 0.2) is 221 Å². The van der Waals surface area contributed by atoms with Crippen molar-refractivity contribution in [3.8, 4) is 22.6 Å². The first-order chi connectivity index (χ1) is 30.2. The number of aromatic nitrogens is 1. The Kier molecular flexibility index (Phi) is 8.28. The molecular weight excluding hydrogens is 767 g/mol. The van der Waals surface area contributed by atoms with Gasteiger partial charge in [-0.2, -0.15) is 0 Å².